The largest absolute Gasteiger partial charge is 0.461 e. The van der Waals surface area contributed by atoms with Gasteiger partial charge in [-0.05, 0) is 48.0 Å². The van der Waals surface area contributed by atoms with Crippen molar-refractivity contribution < 1.29 is 27.1 Å². The van der Waals surface area contributed by atoms with E-state index in [2.05, 4.69) is 10.2 Å². The lowest BCUT2D eigenvalue weighted by Gasteiger charge is -2.12. The molecule has 1 aliphatic heterocycles. The number of ether oxygens (including phenoxy) is 2. The molecule has 10 heteroatoms. The molecule has 0 fully saturated rings. The van der Waals surface area contributed by atoms with Gasteiger partial charge in [0.25, 0.3) is 0 Å². The van der Waals surface area contributed by atoms with Gasteiger partial charge in [0.2, 0.25) is 12.6 Å². The van der Waals surface area contributed by atoms with Crippen molar-refractivity contribution in [2.45, 2.75) is 17.1 Å². The summed E-state index contributed by atoms with van der Waals surface area (Å²) in [7, 11) is 0. The zero-order valence-electron chi connectivity index (χ0n) is 15.8. The van der Waals surface area contributed by atoms with Gasteiger partial charge < -0.3 is 13.9 Å². The molecule has 0 spiro atoms. The average Bonchev–Trinajstić information content (AvgIpc) is 3.51. The number of thioether (sulfide) groups is 1. The second kappa shape index (κ2) is 7.69. The van der Waals surface area contributed by atoms with Crippen molar-refractivity contribution in [1.82, 2.24) is 14.8 Å². The van der Waals surface area contributed by atoms with E-state index in [0.717, 1.165) is 17.7 Å². The first-order valence-electron chi connectivity index (χ1n) is 9.17. The Labute approximate surface area is 178 Å². The van der Waals surface area contributed by atoms with Crippen LogP contribution in [0.4, 0.5) is 13.2 Å². The number of halogens is 3. The molecule has 0 aliphatic carbocycles. The van der Waals surface area contributed by atoms with E-state index in [0.29, 0.717) is 39.7 Å². The molecule has 2 aromatic heterocycles. The molecule has 0 amide bonds. The quantitative estimate of drug-likeness (QED) is 0.375. The zero-order valence-corrected chi connectivity index (χ0v) is 16.6. The van der Waals surface area contributed by atoms with Gasteiger partial charge in [0, 0.05) is 5.75 Å². The summed E-state index contributed by atoms with van der Waals surface area (Å²) in [5.41, 5.74) is 0.489. The summed E-state index contributed by atoms with van der Waals surface area (Å²) >= 11 is 1.34. The van der Waals surface area contributed by atoms with Gasteiger partial charge in [0.15, 0.2) is 22.4 Å². The van der Waals surface area contributed by atoms with E-state index in [1.165, 1.54) is 24.1 Å². The maximum Gasteiger partial charge on any atom is 0.416 e. The fourth-order valence-electron chi connectivity index (χ4n) is 3.16. The number of aromatic nitrogens is 3. The van der Waals surface area contributed by atoms with Gasteiger partial charge >= 0.3 is 6.18 Å². The van der Waals surface area contributed by atoms with Crippen LogP contribution in [0.3, 0.4) is 0 Å². The number of alkyl halides is 3. The van der Waals surface area contributed by atoms with Crippen molar-refractivity contribution in [2.75, 3.05) is 6.79 Å². The number of nitrogens with zero attached hydrogens (tertiary/aromatic N) is 3. The van der Waals surface area contributed by atoms with E-state index in [4.69, 9.17) is 13.9 Å². The summed E-state index contributed by atoms with van der Waals surface area (Å²) in [5, 5.41) is 8.81. The molecule has 0 atom stereocenters. The first-order chi connectivity index (χ1) is 15.0. The Balaban J connectivity index is 1.51. The van der Waals surface area contributed by atoms with Crippen molar-refractivity contribution in [3.05, 3.63) is 72.0 Å². The molecule has 5 rings (SSSR count). The smallest absolute Gasteiger partial charge is 0.416 e. The number of hydrogen-bond donors (Lipinski definition) is 0. The van der Waals surface area contributed by atoms with Gasteiger partial charge in [-0.2, -0.15) is 13.2 Å². The van der Waals surface area contributed by atoms with E-state index >= 15 is 0 Å². The van der Waals surface area contributed by atoms with Crippen LogP contribution < -0.4 is 9.47 Å². The Hall–Kier alpha value is -3.40. The molecular formula is C21H14F3N3O3S. The highest BCUT2D eigenvalue weighted by Gasteiger charge is 2.31. The van der Waals surface area contributed by atoms with Crippen LogP contribution >= 0.6 is 11.8 Å². The van der Waals surface area contributed by atoms with Crippen molar-refractivity contribution in [1.29, 1.82) is 0 Å². The van der Waals surface area contributed by atoms with Crippen LogP contribution in [-0.4, -0.2) is 21.6 Å². The van der Waals surface area contributed by atoms with Gasteiger partial charge in [-0.15, -0.1) is 10.2 Å². The van der Waals surface area contributed by atoms with Gasteiger partial charge in [-0.25, -0.2) is 0 Å². The summed E-state index contributed by atoms with van der Waals surface area (Å²) in [4.78, 5) is 0. The number of benzene rings is 2. The molecule has 0 N–H and O–H groups in total. The van der Waals surface area contributed by atoms with Crippen LogP contribution in [0.5, 0.6) is 11.5 Å². The Bertz CT molecular complexity index is 1220. The SMILES string of the molecule is FC(F)(F)c1cccc(-n2c(SCc3ccc4c(c3)OCO4)nnc2-c2ccco2)c1. The molecule has 2 aromatic carbocycles. The minimum atomic E-state index is -4.46. The second-order valence-electron chi connectivity index (χ2n) is 6.64. The first-order valence-corrected chi connectivity index (χ1v) is 10.2. The third-order valence-electron chi connectivity index (χ3n) is 4.61. The predicted octanol–water partition coefficient (Wildman–Crippen LogP) is 5.57. The molecule has 1 aliphatic rings. The molecule has 4 aromatic rings. The molecule has 3 heterocycles. The lowest BCUT2D eigenvalue weighted by molar-refractivity contribution is -0.137. The minimum Gasteiger partial charge on any atom is -0.461 e. The van der Waals surface area contributed by atoms with Crippen molar-refractivity contribution in [3.63, 3.8) is 0 Å². The summed E-state index contributed by atoms with van der Waals surface area (Å²) < 4.78 is 57.5. The summed E-state index contributed by atoms with van der Waals surface area (Å²) in [6.07, 6.45) is -2.99. The molecule has 0 radical (unpaired) electrons. The monoisotopic (exact) mass is 445 g/mol. The maximum atomic E-state index is 13.3. The van der Waals surface area contributed by atoms with E-state index < -0.39 is 11.7 Å². The van der Waals surface area contributed by atoms with Gasteiger partial charge in [0.1, 0.15) is 0 Å². The third-order valence-corrected chi connectivity index (χ3v) is 5.61. The minimum absolute atomic E-state index is 0.183. The molecule has 0 bridgehead atoms. The Morgan fingerprint density at radius 3 is 2.65 bits per heavy atom. The van der Waals surface area contributed by atoms with E-state index in [-0.39, 0.29) is 6.79 Å². The fraction of sp³-hybridized carbons (Fsp3) is 0.143. The fourth-order valence-corrected chi connectivity index (χ4v) is 4.06. The predicted molar refractivity (Wildman–Crippen MR) is 106 cm³/mol. The Kier molecular flexibility index (Phi) is 4.85. The molecule has 6 nitrogen and oxygen atoms in total. The topological polar surface area (TPSA) is 62.3 Å². The summed E-state index contributed by atoms with van der Waals surface area (Å²) in [5.74, 6) is 2.57. The van der Waals surface area contributed by atoms with E-state index in [1.54, 1.807) is 22.8 Å². The second-order valence-corrected chi connectivity index (χ2v) is 7.59. The molecule has 0 saturated heterocycles. The lowest BCUT2D eigenvalue weighted by Crippen LogP contribution is -2.07. The molecule has 0 saturated carbocycles. The first kappa shape index (κ1) is 19.6. The number of hydrogen-bond acceptors (Lipinski definition) is 6. The Morgan fingerprint density at radius 2 is 1.84 bits per heavy atom. The average molecular weight is 445 g/mol. The van der Waals surface area contributed by atoms with Crippen LogP contribution in [0.15, 0.2) is 70.4 Å². The van der Waals surface area contributed by atoms with Gasteiger partial charge in [-0.1, -0.05) is 23.9 Å². The highest BCUT2D eigenvalue weighted by Crippen LogP contribution is 2.36. The lowest BCUT2D eigenvalue weighted by atomic mass is 10.2. The van der Waals surface area contributed by atoms with Crippen molar-refractivity contribution in [3.8, 4) is 28.8 Å². The Morgan fingerprint density at radius 1 is 0.968 bits per heavy atom. The molecular weight excluding hydrogens is 431 g/mol. The van der Waals surface area contributed by atoms with Gasteiger partial charge in [0.05, 0.1) is 17.5 Å². The number of fused-ring (bicyclic) bond motifs is 1. The van der Waals surface area contributed by atoms with Crippen LogP contribution in [0.1, 0.15) is 11.1 Å². The molecule has 31 heavy (non-hydrogen) atoms. The summed E-state index contributed by atoms with van der Waals surface area (Å²) in [6, 6.07) is 14.0. The number of furan rings is 1. The third kappa shape index (κ3) is 3.86. The maximum absolute atomic E-state index is 13.3. The van der Waals surface area contributed by atoms with E-state index in [1.807, 2.05) is 18.2 Å². The standard InChI is InChI=1S/C21H14F3N3O3S/c22-21(23,24)14-3-1-4-15(10-14)27-19(17-5-2-8-28-17)25-26-20(27)31-11-13-6-7-16-18(9-13)30-12-29-16/h1-10H,11-12H2. The highest BCUT2D eigenvalue weighted by molar-refractivity contribution is 7.98. The molecule has 158 valence electrons. The van der Waals surface area contributed by atoms with Crippen molar-refractivity contribution >= 4 is 11.8 Å². The van der Waals surface area contributed by atoms with Crippen LogP contribution in [0, 0.1) is 0 Å². The van der Waals surface area contributed by atoms with Crippen LogP contribution in [0.25, 0.3) is 17.3 Å². The summed E-state index contributed by atoms with van der Waals surface area (Å²) in [6.45, 7) is 0.183. The van der Waals surface area contributed by atoms with Gasteiger partial charge in [-0.3, -0.25) is 4.57 Å². The van der Waals surface area contributed by atoms with Crippen molar-refractivity contribution in [2.24, 2.45) is 0 Å². The van der Waals surface area contributed by atoms with E-state index in [9.17, 15) is 13.2 Å². The molecule has 0 unspecified atom stereocenters. The van der Waals surface area contributed by atoms with Crippen LogP contribution in [-0.2, 0) is 11.9 Å². The zero-order chi connectivity index (χ0) is 21.4. The highest BCUT2D eigenvalue weighted by atomic mass is 32.2. The normalized spacial score (nSPS) is 13.0. The van der Waals surface area contributed by atoms with Crippen LogP contribution in [0.2, 0.25) is 0 Å². The number of rotatable bonds is 5.